The average Bonchev–Trinajstić information content (AvgIpc) is 3.60. The number of thioether (sulfide) groups is 1. The fourth-order valence-electron chi connectivity index (χ4n) is 6.52. The van der Waals surface area contributed by atoms with Gasteiger partial charge in [0.1, 0.15) is 5.82 Å². The van der Waals surface area contributed by atoms with E-state index in [0.717, 1.165) is 22.5 Å². The second-order valence-corrected chi connectivity index (χ2v) is 13.6. The standard InChI is InChI=1S/C39H32N2S/c1-39(2,3)27-21-23-33(32(24-27)25-12-5-4-6-13-25)41-34-22-20-26-14-7-8-15-28(26)36(34)40-38(41)31-18-11-17-30-29-16-9-10-19-35(29)42-37(30)31/h4-24,29,35H,1-3H3. The summed E-state index contributed by atoms with van der Waals surface area (Å²) in [4.78, 5) is 6.85. The molecule has 2 atom stereocenters. The Balaban J connectivity index is 1.46. The first-order valence-electron chi connectivity index (χ1n) is 14.7. The van der Waals surface area contributed by atoms with Crippen molar-refractivity contribution in [2.24, 2.45) is 0 Å². The van der Waals surface area contributed by atoms with Crippen LogP contribution in [0.2, 0.25) is 0 Å². The molecular weight excluding hydrogens is 529 g/mol. The zero-order chi connectivity index (χ0) is 28.4. The summed E-state index contributed by atoms with van der Waals surface area (Å²) in [5, 5.41) is 2.82. The van der Waals surface area contributed by atoms with Crippen molar-refractivity contribution in [3.8, 4) is 28.2 Å². The third-order valence-electron chi connectivity index (χ3n) is 8.72. The zero-order valence-corrected chi connectivity index (χ0v) is 24.9. The molecule has 1 aliphatic heterocycles. The molecule has 8 rings (SSSR count). The molecule has 2 unspecified atom stereocenters. The van der Waals surface area contributed by atoms with Crippen molar-refractivity contribution in [1.82, 2.24) is 9.55 Å². The number of rotatable bonds is 3. The fraction of sp³-hybridized carbons (Fsp3) is 0.154. The highest BCUT2D eigenvalue weighted by molar-refractivity contribution is 8.00. The molecule has 1 aromatic heterocycles. The molecule has 42 heavy (non-hydrogen) atoms. The largest absolute Gasteiger partial charge is 0.292 e. The maximum Gasteiger partial charge on any atom is 0.146 e. The lowest BCUT2D eigenvalue weighted by atomic mass is 9.85. The Labute approximate surface area is 251 Å². The normalized spacial score (nSPS) is 17.6. The van der Waals surface area contributed by atoms with Gasteiger partial charge in [0, 0.05) is 32.6 Å². The SMILES string of the molecule is CC(C)(C)c1ccc(-n2c(-c3cccc4c3SC3C=CC=CC43)nc3c4ccccc4ccc32)c(-c2ccccc2)c1. The summed E-state index contributed by atoms with van der Waals surface area (Å²) in [7, 11) is 0. The Kier molecular flexibility index (Phi) is 5.80. The monoisotopic (exact) mass is 560 g/mol. The lowest BCUT2D eigenvalue weighted by Gasteiger charge is -2.23. The summed E-state index contributed by atoms with van der Waals surface area (Å²) >= 11 is 1.97. The van der Waals surface area contributed by atoms with Gasteiger partial charge in [0.15, 0.2) is 0 Å². The number of allylic oxidation sites excluding steroid dienone is 3. The van der Waals surface area contributed by atoms with Crippen molar-refractivity contribution in [1.29, 1.82) is 0 Å². The third-order valence-corrected chi connectivity index (χ3v) is 10.1. The van der Waals surface area contributed by atoms with Crippen molar-refractivity contribution in [3.63, 3.8) is 0 Å². The number of hydrogen-bond donors (Lipinski definition) is 0. The lowest BCUT2D eigenvalue weighted by Crippen LogP contribution is -2.12. The molecule has 2 nitrogen and oxygen atoms in total. The van der Waals surface area contributed by atoms with E-state index in [0.29, 0.717) is 11.2 Å². The molecular formula is C39H32N2S. The van der Waals surface area contributed by atoms with Crippen molar-refractivity contribution < 1.29 is 0 Å². The van der Waals surface area contributed by atoms with E-state index in [1.54, 1.807) is 0 Å². The van der Waals surface area contributed by atoms with Gasteiger partial charge in [-0.1, -0.05) is 130 Å². The van der Waals surface area contributed by atoms with Crippen molar-refractivity contribution in [3.05, 3.63) is 139 Å². The highest BCUT2D eigenvalue weighted by Crippen LogP contribution is 2.52. The fourth-order valence-corrected chi connectivity index (χ4v) is 7.98. The van der Waals surface area contributed by atoms with E-state index < -0.39 is 0 Å². The molecule has 204 valence electrons. The van der Waals surface area contributed by atoms with Gasteiger partial charge in [0.25, 0.3) is 0 Å². The summed E-state index contributed by atoms with van der Waals surface area (Å²) in [6.07, 6.45) is 9.06. The third kappa shape index (κ3) is 3.99. The Hall–Kier alpha value is -4.34. The number of nitrogens with zero attached hydrogens (tertiary/aromatic N) is 2. The summed E-state index contributed by atoms with van der Waals surface area (Å²) in [6, 6.07) is 37.7. The average molecular weight is 561 g/mol. The quantitative estimate of drug-likeness (QED) is 0.214. The molecule has 6 aromatic rings. The van der Waals surface area contributed by atoms with Gasteiger partial charge in [0.2, 0.25) is 0 Å². The van der Waals surface area contributed by atoms with Crippen LogP contribution in [0.15, 0.2) is 132 Å². The Morgan fingerprint density at radius 3 is 2.40 bits per heavy atom. The van der Waals surface area contributed by atoms with E-state index in [1.807, 2.05) is 11.8 Å². The molecule has 0 spiro atoms. The van der Waals surface area contributed by atoms with Crippen LogP contribution in [0.3, 0.4) is 0 Å². The molecule has 0 amide bonds. The van der Waals surface area contributed by atoms with Gasteiger partial charge in [-0.25, -0.2) is 4.98 Å². The van der Waals surface area contributed by atoms with Gasteiger partial charge >= 0.3 is 0 Å². The van der Waals surface area contributed by atoms with E-state index in [1.165, 1.54) is 43.5 Å². The number of imidazole rings is 1. The van der Waals surface area contributed by atoms with Crippen LogP contribution in [0.5, 0.6) is 0 Å². The molecule has 0 radical (unpaired) electrons. The van der Waals surface area contributed by atoms with Gasteiger partial charge < -0.3 is 0 Å². The van der Waals surface area contributed by atoms with Gasteiger partial charge in [-0.05, 0) is 45.7 Å². The first-order chi connectivity index (χ1) is 20.5. The predicted molar refractivity (Wildman–Crippen MR) is 179 cm³/mol. The molecule has 2 heterocycles. The van der Waals surface area contributed by atoms with Crippen LogP contribution in [0, 0.1) is 0 Å². The lowest BCUT2D eigenvalue weighted by molar-refractivity contribution is 0.590. The molecule has 0 bridgehead atoms. The van der Waals surface area contributed by atoms with E-state index in [4.69, 9.17) is 4.98 Å². The Morgan fingerprint density at radius 1 is 0.738 bits per heavy atom. The summed E-state index contributed by atoms with van der Waals surface area (Å²) in [5.74, 6) is 1.40. The smallest absolute Gasteiger partial charge is 0.146 e. The minimum atomic E-state index is 0.0340. The summed E-state index contributed by atoms with van der Waals surface area (Å²) in [5.41, 5.74) is 9.71. The summed E-state index contributed by atoms with van der Waals surface area (Å²) < 4.78 is 2.42. The molecule has 0 saturated heterocycles. The molecule has 0 N–H and O–H groups in total. The second kappa shape index (κ2) is 9.61. The zero-order valence-electron chi connectivity index (χ0n) is 24.1. The van der Waals surface area contributed by atoms with Crippen LogP contribution in [0.25, 0.3) is 50.0 Å². The van der Waals surface area contributed by atoms with Gasteiger partial charge in [0.05, 0.1) is 16.7 Å². The van der Waals surface area contributed by atoms with Crippen molar-refractivity contribution in [2.75, 3.05) is 0 Å². The van der Waals surface area contributed by atoms with E-state index in [-0.39, 0.29) is 5.41 Å². The minimum Gasteiger partial charge on any atom is -0.292 e. The highest BCUT2D eigenvalue weighted by Gasteiger charge is 2.34. The molecule has 1 aliphatic carbocycles. The van der Waals surface area contributed by atoms with Crippen LogP contribution >= 0.6 is 11.8 Å². The maximum absolute atomic E-state index is 5.50. The first kappa shape index (κ1) is 25.4. The summed E-state index contributed by atoms with van der Waals surface area (Å²) in [6.45, 7) is 6.86. The first-order valence-corrected chi connectivity index (χ1v) is 15.6. The minimum absolute atomic E-state index is 0.0340. The van der Waals surface area contributed by atoms with Crippen LogP contribution in [0.4, 0.5) is 0 Å². The van der Waals surface area contributed by atoms with Crippen LogP contribution in [-0.2, 0) is 5.41 Å². The van der Waals surface area contributed by atoms with Crippen LogP contribution < -0.4 is 0 Å². The van der Waals surface area contributed by atoms with Crippen molar-refractivity contribution >= 4 is 33.6 Å². The number of hydrogen-bond acceptors (Lipinski definition) is 2. The van der Waals surface area contributed by atoms with Crippen LogP contribution in [0.1, 0.15) is 37.8 Å². The van der Waals surface area contributed by atoms with Gasteiger partial charge in [-0.15, -0.1) is 11.8 Å². The Bertz CT molecular complexity index is 2060. The highest BCUT2D eigenvalue weighted by atomic mass is 32.2. The predicted octanol–water partition coefficient (Wildman–Crippen LogP) is 10.5. The van der Waals surface area contributed by atoms with Crippen molar-refractivity contribution in [2.45, 2.75) is 42.2 Å². The molecule has 0 fully saturated rings. The van der Waals surface area contributed by atoms with E-state index in [2.05, 4.69) is 153 Å². The van der Waals surface area contributed by atoms with Gasteiger partial charge in [-0.2, -0.15) is 0 Å². The number of fused-ring (bicyclic) bond motifs is 6. The topological polar surface area (TPSA) is 17.8 Å². The van der Waals surface area contributed by atoms with Crippen LogP contribution in [-0.4, -0.2) is 14.8 Å². The number of benzene rings is 5. The van der Waals surface area contributed by atoms with Gasteiger partial charge in [-0.3, -0.25) is 4.57 Å². The maximum atomic E-state index is 5.50. The molecule has 0 saturated carbocycles. The molecule has 5 aromatic carbocycles. The molecule has 3 heteroatoms. The van der Waals surface area contributed by atoms with E-state index >= 15 is 0 Å². The molecule has 2 aliphatic rings. The number of aromatic nitrogens is 2. The van der Waals surface area contributed by atoms with E-state index in [9.17, 15) is 0 Å². The Morgan fingerprint density at radius 2 is 1.55 bits per heavy atom. The second-order valence-electron chi connectivity index (χ2n) is 12.4.